The van der Waals surface area contributed by atoms with E-state index in [4.69, 9.17) is 0 Å². The maximum Gasteiger partial charge on any atom is 0.259 e. The van der Waals surface area contributed by atoms with Gasteiger partial charge < -0.3 is 5.32 Å². The lowest BCUT2D eigenvalue weighted by atomic mass is 10.2. The van der Waals surface area contributed by atoms with Gasteiger partial charge in [0.05, 0.1) is 17.5 Å². The Morgan fingerprint density at radius 2 is 2.26 bits per heavy atom. The summed E-state index contributed by atoms with van der Waals surface area (Å²) in [5.74, 6) is -0.971. The summed E-state index contributed by atoms with van der Waals surface area (Å²) in [6.07, 6.45) is 2.36. The molecule has 2 aromatic rings. The molecule has 1 amide bonds. The number of anilines is 1. The summed E-state index contributed by atoms with van der Waals surface area (Å²) in [5.41, 5.74) is 1.01. The Balaban J connectivity index is 2.09. The molecule has 7 heteroatoms. The number of pyridine rings is 1. The monoisotopic (exact) mass is 280 g/mol. The third-order valence-corrected chi connectivity index (χ3v) is 3.36. The number of hydrogen-bond acceptors (Lipinski definition) is 5. The van der Waals surface area contributed by atoms with Crippen molar-refractivity contribution in [3.8, 4) is 0 Å². The third kappa shape index (κ3) is 3.33. The molecular formula is C12H13FN4OS. The Morgan fingerprint density at radius 1 is 1.47 bits per heavy atom. The van der Waals surface area contributed by atoms with E-state index in [9.17, 15) is 9.18 Å². The fraction of sp³-hybridized carbons (Fsp3) is 0.250. The normalized spacial score (nSPS) is 12.2. The Kier molecular flexibility index (Phi) is 4.18. The molecule has 0 spiro atoms. The van der Waals surface area contributed by atoms with Crippen LogP contribution in [0.15, 0.2) is 23.8 Å². The van der Waals surface area contributed by atoms with Crippen molar-refractivity contribution in [2.45, 2.75) is 13.0 Å². The molecule has 0 fully saturated rings. The van der Waals surface area contributed by atoms with Crippen molar-refractivity contribution in [1.29, 1.82) is 0 Å². The minimum Gasteiger partial charge on any atom is -0.312 e. The van der Waals surface area contributed by atoms with Crippen LogP contribution in [0.1, 0.15) is 29.0 Å². The second kappa shape index (κ2) is 5.85. The first-order valence-corrected chi connectivity index (χ1v) is 6.52. The molecule has 19 heavy (non-hydrogen) atoms. The molecule has 2 rings (SSSR count). The summed E-state index contributed by atoms with van der Waals surface area (Å²) in [6.45, 7) is 1.97. The molecule has 5 nitrogen and oxygen atoms in total. The highest BCUT2D eigenvalue weighted by Gasteiger charge is 2.12. The molecular weight excluding hydrogens is 267 g/mol. The lowest BCUT2D eigenvalue weighted by Gasteiger charge is -2.05. The standard InChI is InChI=1S/C12H13FN4OS/c1-7(14-2)10-6-19-12(16-10)17-11(18)8-3-9(13)5-15-4-8/h3-7,14H,1-2H3,(H,16,17,18). The molecule has 100 valence electrons. The molecule has 0 aliphatic carbocycles. The molecule has 1 unspecified atom stereocenters. The zero-order chi connectivity index (χ0) is 13.8. The van der Waals surface area contributed by atoms with Crippen LogP contribution < -0.4 is 10.6 Å². The van der Waals surface area contributed by atoms with Gasteiger partial charge in [-0.2, -0.15) is 0 Å². The largest absolute Gasteiger partial charge is 0.312 e. The highest BCUT2D eigenvalue weighted by Crippen LogP contribution is 2.20. The minimum absolute atomic E-state index is 0.109. The van der Waals surface area contributed by atoms with Gasteiger partial charge in [-0.1, -0.05) is 0 Å². The van der Waals surface area contributed by atoms with Crippen molar-refractivity contribution in [3.05, 3.63) is 40.9 Å². The summed E-state index contributed by atoms with van der Waals surface area (Å²) < 4.78 is 13.0. The lowest BCUT2D eigenvalue weighted by Crippen LogP contribution is -2.14. The van der Waals surface area contributed by atoms with Crippen LogP contribution in [0, 0.1) is 5.82 Å². The third-order valence-electron chi connectivity index (χ3n) is 2.59. The number of nitrogens with zero attached hydrogens (tertiary/aromatic N) is 2. The summed E-state index contributed by atoms with van der Waals surface area (Å²) in [6, 6.07) is 1.24. The molecule has 0 radical (unpaired) electrons. The van der Waals surface area contributed by atoms with Gasteiger partial charge in [-0.3, -0.25) is 15.1 Å². The van der Waals surface area contributed by atoms with Gasteiger partial charge in [0.1, 0.15) is 5.82 Å². The van der Waals surface area contributed by atoms with E-state index in [0.29, 0.717) is 5.13 Å². The molecule has 2 aromatic heterocycles. The zero-order valence-electron chi connectivity index (χ0n) is 10.5. The number of halogens is 1. The fourth-order valence-electron chi connectivity index (χ4n) is 1.40. The van der Waals surface area contributed by atoms with E-state index in [1.54, 1.807) is 0 Å². The van der Waals surface area contributed by atoms with Crippen LogP contribution in [0.5, 0.6) is 0 Å². The van der Waals surface area contributed by atoms with E-state index < -0.39 is 11.7 Å². The maximum absolute atomic E-state index is 13.0. The van der Waals surface area contributed by atoms with Crippen LogP contribution in [-0.4, -0.2) is 22.9 Å². The SMILES string of the molecule is CNC(C)c1csc(NC(=O)c2cncc(F)c2)n1. The zero-order valence-corrected chi connectivity index (χ0v) is 11.3. The van der Waals surface area contributed by atoms with Crippen molar-refractivity contribution >= 4 is 22.4 Å². The van der Waals surface area contributed by atoms with Crippen molar-refractivity contribution < 1.29 is 9.18 Å². The van der Waals surface area contributed by atoms with Gasteiger partial charge in [0, 0.05) is 17.6 Å². The van der Waals surface area contributed by atoms with Crippen molar-refractivity contribution in [3.63, 3.8) is 0 Å². The van der Waals surface area contributed by atoms with Gasteiger partial charge in [0.2, 0.25) is 0 Å². The Bertz CT molecular complexity index is 587. The average Bonchev–Trinajstić information content (AvgIpc) is 2.86. The molecule has 0 aromatic carbocycles. The number of carbonyl (C=O) groups is 1. The summed E-state index contributed by atoms with van der Waals surface area (Å²) in [4.78, 5) is 19.8. The first kappa shape index (κ1) is 13.6. The lowest BCUT2D eigenvalue weighted by molar-refractivity contribution is 0.102. The number of hydrogen-bond donors (Lipinski definition) is 2. The first-order chi connectivity index (χ1) is 9.10. The van der Waals surface area contributed by atoms with Gasteiger partial charge in [0.25, 0.3) is 5.91 Å². The molecule has 0 aliphatic rings. The predicted molar refractivity (Wildman–Crippen MR) is 71.7 cm³/mol. The summed E-state index contributed by atoms with van der Waals surface area (Å²) in [7, 11) is 1.83. The van der Waals surface area contributed by atoms with Crippen LogP contribution >= 0.6 is 11.3 Å². The number of aromatic nitrogens is 2. The van der Waals surface area contributed by atoms with E-state index in [2.05, 4.69) is 20.6 Å². The Labute approximate surface area is 113 Å². The molecule has 1 atom stereocenters. The van der Waals surface area contributed by atoms with Crippen molar-refractivity contribution in [1.82, 2.24) is 15.3 Å². The smallest absolute Gasteiger partial charge is 0.259 e. The van der Waals surface area contributed by atoms with Gasteiger partial charge >= 0.3 is 0 Å². The average molecular weight is 280 g/mol. The van der Waals surface area contributed by atoms with E-state index in [1.165, 1.54) is 17.5 Å². The second-order valence-electron chi connectivity index (χ2n) is 3.93. The summed E-state index contributed by atoms with van der Waals surface area (Å²) >= 11 is 1.32. The molecule has 0 saturated heterocycles. The molecule has 0 saturated carbocycles. The topological polar surface area (TPSA) is 66.9 Å². The quantitative estimate of drug-likeness (QED) is 0.901. The Hall–Kier alpha value is -1.86. The number of amides is 1. The van der Waals surface area contributed by atoms with E-state index in [0.717, 1.165) is 18.0 Å². The minimum atomic E-state index is -0.545. The van der Waals surface area contributed by atoms with E-state index >= 15 is 0 Å². The number of rotatable bonds is 4. The van der Waals surface area contributed by atoms with E-state index in [-0.39, 0.29) is 11.6 Å². The molecule has 2 N–H and O–H groups in total. The van der Waals surface area contributed by atoms with Gasteiger partial charge in [-0.05, 0) is 20.0 Å². The van der Waals surface area contributed by atoms with Crippen molar-refractivity contribution in [2.24, 2.45) is 0 Å². The van der Waals surface area contributed by atoms with Gasteiger partial charge in [0.15, 0.2) is 5.13 Å². The van der Waals surface area contributed by atoms with Crippen LogP contribution in [0.25, 0.3) is 0 Å². The number of nitrogens with one attached hydrogen (secondary N) is 2. The van der Waals surface area contributed by atoms with Gasteiger partial charge in [-0.25, -0.2) is 9.37 Å². The van der Waals surface area contributed by atoms with Crippen LogP contribution in [0.2, 0.25) is 0 Å². The summed E-state index contributed by atoms with van der Waals surface area (Å²) in [5, 5.41) is 8.02. The van der Waals surface area contributed by atoms with Gasteiger partial charge in [-0.15, -0.1) is 11.3 Å². The molecule has 2 heterocycles. The molecule has 0 bridgehead atoms. The van der Waals surface area contributed by atoms with Crippen molar-refractivity contribution in [2.75, 3.05) is 12.4 Å². The predicted octanol–water partition coefficient (Wildman–Crippen LogP) is 2.21. The van der Waals surface area contributed by atoms with Crippen LogP contribution in [0.3, 0.4) is 0 Å². The number of thiazole rings is 1. The second-order valence-corrected chi connectivity index (χ2v) is 4.79. The van der Waals surface area contributed by atoms with E-state index in [1.807, 2.05) is 19.4 Å². The van der Waals surface area contributed by atoms with Crippen LogP contribution in [0.4, 0.5) is 9.52 Å². The maximum atomic E-state index is 13.0. The highest BCUT2D eigenvalue weighted by atomic mass is 32.1. The molecule has 0 aliphatic heterocycles. The fourth-order valence-corrected chi connectivity index (χ4v) is 2.19. The highest BCUT2D eigenvalue weighted by molar-refractivity contribution is 7.14. The van der Waals surface area contributed by atoms with Crippen LogP contribution in [-0.2, 0) is 0 Å². The number of carbonyl (C=O) groups excluding carboxylic acids is 1. The Morgan fingerprint density at radius 3 is 2.95 bits per heavy atom. The first-order valence-electron chi connectivity index (χ1n) is 5.64.